The molecule has 1 atom stereocenters. The van der Waals surface area contributed by atoms with Crippen LogP contribution < -0.4 is 5.32 Å². The Bertz CT molecular complexity index is 595. The zero-order valence-corrected chi connectivity index (χ0v) is 13.3. The van der Waals surface area contributed by atoms with Gasteiger partial charge in [0, 0.05) is 16.6 Å². The minimum atomic E-state index is -1.17. The number of non-ortho nitro benzene ring substituents is 1. The molecular formula is C13H15BrN2O5. The SMILES string of the molecule is CC(C)(C)[C@@H](NC(=O)c1cc([N+](=O)[O-])ccc1Br)C(=O)O. The third kappa shape index (κ3) is 4.25. The monoisotopic (exact) mass is 358 g/mol. The van der Waals surface area contributed by atoms with Crippen molar-refractivity contribution < 1.29 is 19.6 Å². The van der Waals surface area contributed by atoms with Crippen molar-refractivity contribution in [3.63, 3.8) is 0 Å². The lowest BCUT2D eigenvalue weighted by atomic mass is 9.86. The van der Waals surface area contributed by atoms with Gasteiger partial charge in [0.25, 0.3) is 11.6 Å². The van der Waals surface area contributed by atoms with E-state index in [1.54, 1.807) is 20.8 Å². The summed E-state index contributed by atoms with van der Waals surface area (Å²) in [6.07, 6.45) is 0. The molecule has 0 aliphatic heterocycles. The summed E-state index contributed by atoms with van der Waals surface area (Å²) in [6, 6.07) is 2.61. The number of carbonyl (C=O) groups excluding carboxylic acids is 1. The van der Waals surface area contributed by atoms with Gasteiger partial charge >= 0.3 is 5.97 Å². The molecule has 0 saturated heterocycles. The van der Waals surface area contributed by atoms with Gasteiger partial charge in [0.15, 0.2) is 0 Å². The fourth-order valence-corrected chi connectivity index (χ4v) is 2.09. The highest BCUT2D eigenvalue weighted by Crippen LogP contribution is 2.24. The predicted molar refractivity (Wildman–Crippen MR) is 79.1 cm³/mol. The van der Waals surface area contributed by atoms with Gasteiger partial charge in [-0.2, -0.15) is 0 Å². The van der Waals surface area contributed by atoms with Crippen LogP contribution in [0.15, 0.2) is 22.7 Å². The van der Waals surface area contributed by atoms with Crippen molar-refractivity contribution in [3.8, 4) is 0 Å². The molecule has 0 aromatic heterocycles. The van der Waals surface area contributed by atoms with Gasteiger partial charge in [0.2, 0.25) is 0 Å². The van der Waals surface area contributed by atoms with Crippen molar-refractivity contribution in [3.05, 3.63) is 38.3 Å². The van der Waals surface area contributed by atoms with Gasteiger partial charge in [-0.25, -0.2) is 4.79 Å². The molecule has 0 radical (unpaired) electrons. The van der Waals surface area contributed by atoms with Crippen LogP contribution >= 0.6 is 15.9 Å². The summed E-state index contributed by atoms with van der Waals surface area (Å²) >= 11 is 3.13. The largest absolute Gasteiger partial charge is 0.480 e. The van der Waals surface area contributed by atoms with Crippen molar-refractivity contribution in [1.29, 1.82) is 0 Å². The second-order valence-corrected chi connectivity index (χ2v) is 6.39. The molecule has 21 heavy (non-hydrogen) atoms. The maximum atomic E-state index is 12.2. The van der Waals surface area contributed by atoms with Crippen LogP contribution in [0.1, 0.15) is 31.1 Å². The molecule has 0 aliphatic rings. The molecule has 1 amide bonds. The molecule has 0 aliphatic carbocycles. The van der Waals surface area contributed by atoms with E-state index in [-0.39, 0.29) is 11.3 Å². The first-order valence-electron chi connectivity index (χ1n) is 6.01. The lowest BCUT2D eigenvalue weighted by Crippen LogP contribution is -2.49. The van der Waals surface area contributed by atoms with E-state index in [9.17, 15) is 24.8 Å². The van der Waals surface area contributed by atoms with Gasteiger partial charge in [0.1, 0.15) is 6.04 Å². The number of carboxylic acids is 1. The normalized spacial score (nSPS) is 12.6. The van der Waals surface area contributed by atoms with E-state index >= 15 is 0 Å². The number of nitrogens with one attached hydrogen (secondary N) is 1. The zero-order valence-electron chi connectivity index (χ0n) is 11.7. The fourth-order valence-electron chi connectivity index (χ4n) is 1.66. The minimum Gasteiger partial charge on any atom is -0.480 e. The van der Waals surface area contributed by atoms with Crippen LogP contribution in [0.2, 0.25) is 0 Å². The van der Waals surface area contributed by atoms with E-state index in [0.29, 0.717) is 4.47 Å². The molecule has 0 bridgehead atoms. The number of hydrogen-bond donors (Lipinski definition) is 2. The number of amides is 1. The highest BCUT2D eigenvalue weighted by atomic mass is 79.9. The molecule has 0 fully saturated rings. The van der Waals surface area contributed by atoms with Crippen molar-refractivity contribution >= 4 is 33.5 Å². The van der Waals surface area contributed by atoms with Gasteiger partial charge in [0.05, 0.1) is 10.5 Å². The number of carboxylic acid groups (broad SMARTS) is 1. The van der Waals surface area contributed by atoms with Gasteiger partial charge in [-0.05, 0) is 27.4 Å². The Morgan fingerprint density at radius 1 is 1.38 bits per heavy atom. The van der Waals surface area contributed by atoms with Crippen molar-refractivity contribution in [2.75, 3.05) is 0 Å². The molecule has 0 spiro atoms. The Labute approximate surface area is 129 Å². The maximum absolute atomic E-state index is 12.2. The quantitative estimate of drug-likeness (QED) is 0.634. The first kappa shape index (κ1) is 17.1. The zero-order chi connectivity index (χ0) is 16.4. The van der Waals surface area contributed by atoms with Crippen LogP contribution in [0.4, 0.5) is 5.69 Å². The first-order valence-corrected chi connectivity index (χ1v) is 6.81. The van der Waals surface area contributed by atoms with Crippen LogP contribution in [0, 0.1) is 15.5 Å². The number of nitro groups is 1. The lowest BCUT2D eigenvalue weighted by Gasteiger charge is -2.27. The Kier molecular flexibility index (Phi) is 5.06. The summed E-state index contributed by atoms with van der Waals surface area (Å²) < 4.78 is 0.351. The van der Waals surface area contributed by atoms with Crippen LogP contribution in [0.25, 0.3) is 0 Å². The molecule has 0 heterocycles. The van der Waals surface area contributed by atoms with Crippen molar-refractivity contribution in [2.45, 2.75) is 26.8 Å². The summed E-state index contributed by atoms with van der Waals surface area (Å²) in [6.45, 7) is 5.03. The van der Waals surface area contributed by atoms with Gasteiger partial charge in [-0.1, -0.05) is 20.8 Å². The third-order valence-corrected chi connectivity index (χ3v) is 3.49. The molecule has 2 N–H and O–H groups in total. The lowest BCUT2D eigenvalue weighted by molar-refractivity contribution is -0.384. The van der Waals surface area contributed by atoms with Crippen molar-refractivity contribution in [2.24, 2.45) is 5.41 Å². The smallest absolute Gasteiger partial charge is 0.326 e. The van der Waals surface area contributed by atoms with Gasteiger partial charge in [-0.15, -0.1) is 0 Å². The van der Waals surface area contributed by atoms with Gasteiger partial charge in [-0.3, -0.25) is 14.9 Å². The number of aliphatic carboxylic acids is 1. The Hall–Kier alpha value is -1.96. The Morgan fingerprint density at radius 2 is 1.95 bits per heavy atom. The van der Waals surface area contributed by atoms with E-state index in [2.05, 4.69) is 21.2 Å². The van der Waals surface area contributed by atoms with Gasteiger partial charge < -0.3 is 10.4 Å². The highest BCUT2D eigenvalue weighted by Gasteiger charge is 2.33. The fraction of sp³-hybridized carbons (Fsp3) is 0.385. The minimum absolute atomic E-state index is 0.0136. The Balaban J connectivity index is 3.11. The van der Waals surface area contributed by atoms with E-state index < -0.39 is 28.3 Å². The number of rotatable bonds is 4. The average Bonchev–Trinajstić information content (AvgIpc) is 2.33. The first-order chi connectivity index (χ1) is 9.54. The molecule has 7 nitrogen and oxygen atoms in total. The maximum Gasteiger partial charge on any atom is 0.326 e. The van der Waals surface area contributed by atoms with E-state index in [4.69, 9.17) is 0 Å². The molecule has 0 saturated carbocycles. The Morgan fingerprint density at radius 3 is 2.38 bits per heavy atom. The number of benzene rings is 1. The molecule has 0 unspecified atom stereocenters. The number of halogens is 1. The van der Waals surface area contributed by atoms with Crippen molar-refractivity contribution in [1.82, 2.24) is 5.32 Å². The van der Waals surface area contributed by atoms with Crippen LogP contribution in [-0.4, -0.2) is 27.9 Å². The number of hydrogen-bond acceptors (Lipinski definition) is 4. The van der Waals surface area contributed by atoms with E-state index in [1.807, 2.05) is 0 Å². The molecule has 1 aromatic rings. The number of carbonyl (C=O) groups is 2. The number of nitrogens with zero attached hydrogens (tertiary/aromatic N) is 1. The second-order valence-electron chi connectivity index (χ2n) is 5.53. The summed E-state index contributed by atoms with van der Waals surface area (Å²) in [7, 11) is 0. The summed E-state index contributed by atoms with van der Waals surface area (Å²) in [5.74, 6) is -1.86. The average molecular weight is 359 g/mol. The number of nitro benzene ring substituents is 1. The van der Waals surface area contributed by atoms with Crippen LogP contribution in [0.3, 0.4) is 0 Å². The van der Waals surface area contributed by atoms with E-state index in [1.165, 1.54) is 12.1 Å². The molecular weight excluding hydrogens is 344 g/mol. The molecule has 1 aromatic carbocycles. The summed E-state index contributed by atoms with van der Waals surface area (Å²) in [4.78, 5) is 33.5. The standard InChI is InChI=1S/C13H15BrN2O5/c1-13(2,3)10(12(18)19)15-11(17)8-6-7(16(20)21)4-5-9(8)14/h4-6,10H,1-3H3,(H,15,17)(H,18,19)/t10-/m0/s1. The van der Waals surface area contributed by atoms with Crippen LogP contribution in [0.5, 0.6) is 0 Å². The predicted octanol–water partition coefficient (Wildman–Crippen LogP) is 2.59. The molecule has 114 valence electrons. The topological polar surface area (TPSA) is 110 Å². The second kappa shape index (κ2) is 6.21. The highest BCUT2D eigenvalue weighted by molar-refractivity contribution is 9.10. The summed E-state index contributed by atoms with van der Waals surface area (Å²) in [5.41, 5.74) is -0.931. The van der Waals surface area contributed by atoms with E-state index in [0.717, 1.165) is 6.07 Å². The third-order valence-electron chi connectivity index (χ3n) is 2.79. The van der Waals surface area contributed by atoms with Crippen LogP contribution in [-0.2, 0) is 4.79 Å². The summed E-state index contributed by atoms with van der Waals surface area (Å²) in [5, 5.41) is 22.3. The molecule has 8 heteroatoms. The molecule has 1 rings (SSSR count).